The minimum Gasteiger partial charge on any atom is -0.383 e. The number of nitrogens with zero attached hydrogens (tertiary/aromatic N) is 1. The zero-order valence-corrected chi connectivity index (χ0v) is 13.0. The summed E-state index contributed by atoms with van der Waals surface area (Å²) in [4.78, 5) is 26.6. The molecule has 5 heteroatoms. The number of benzene rings is 1. The lowest BCUT2D eigenvalue weighted by Gasteiger charge is -2.27. The molecule has 21 heavy (non-hydrogen) atoms. The lowest BCUT2D eigenvalue weighted by molar-refractivity contribution is -0.118. The molecule has 1 fully saturated rings. The maximum atomic E-state index is 12.6. The highest BCUT2D eigenvalue weighted by atomic mass is 35.5. The Morgan fingerprint density at radius 1 is 1.29 bits per heavy atom. The van der Waals surface area contributed by atoms with E-state index in [1.165, 1.54) is 0 Å². The summed E-state index contributed by atoms with van der Waals surface area (Å²) in [6.45, 7) is 0. The van der Waals surface area contributed by atoms with Gasteiger partial charge < -0.3 is 10.2 Å². The van der Waals surface area contributed by atoms with Crippen molar-refractivity contribution < 1.29 is 9.59 Å². The lowest BCUT2D eigenvalue weighted by Crippen LogP contribution is -2.41. The molecule has 1 aliphatic carbocycles. The first-order valence-corrected chi connectivity index (χ1v) is 7.35. The first-order chi connectivity index (χ1) is 9.99. The van der Waals surface area contributed by atoms with Gasteiger partial charge in [0.25, 0.3) is 5.91 Å². The Bertz CT molecular complexity index is 577. The Hall–Kier alpha value is -1.81. The van der Waals surface area contributed by atoms with Crippen LogP contribution >= 0.6 is 11.6 Å². The van der Waals surface area contributed by atoms with Crippen LogP contribution in [-0.4, -0.2) is 36.7 Å². The maximum Gasteiger partial charge on any atom is 0.256 e. The van der Waals surface area contributed by atoms with E-state index in [0.29, 0.717) is 10.6 Å². The van der Waals surface area contributed by atoms with E-state index in [1.807, 2.05) is 0 Å². The van der Waals surface area contributed by atoms with Crippen molar-refractivity contribution >= 4 is 23.3 Å². The standard InChI is InChI=1S/C16H19ClN2O2/c1-19(2)10-13(16(21)18-11-6-5-7-11)15(20)12-8-3-4-9-14(12)17/h3-4,8-11H,5-7H2,1-2H3,(H,18,21)/b13-10-. The second-order valence-corrected chi connectivity index (χ2v) is 5.82. The van der Waals surface area contributed by atoms with Crippen molar-refractivity contribution in [3.05, 3.63) is 46.6 Å². The van der Waals surface area contributed by atoms with Crippen LogP contribution < -0.4 is 5.32 Å². The largest absolute Gasteiger partial charge is 0.383 e. The van der Waals surface area contributed by atoms with E-state index in [-0.39, 0.29) is 23.3 Å². The third-order valence-corrected chi connectivity index (χ3v) is 3.77. The predicted octanol–water partition coefficient (Wildman–Crippen LogP) is 2.64. The SMILES string of the molecule is CN(C)/C=C(\C(=O)NC1CCC1)C(=O)c1ccccc1Cl. The van der Waals surface area contributed by atoms with Gasteiger partial charge in [0.15, 0.2) is 0 Å². The van der Waals surface area contributed by atoms with Crippen LogP contribution in [0.3, 0.4) is 0 Å². The number of rotatable bonds is 5. The average molecular weight is 307 g/mol. The first-order valence-electron chi connectivity index (χ1n) is 6.97. The fourth-order valence-corrected chi connectivity index (χ4v) is 2.31. The third-order valence-electron chi connectivity index (χ3n) is 3.44. The molecule has 0 spiro atoms. The number of carbonyl (C=O) groups excluding carboxylic acids is 2. The van der Waals surface area contributed by atoms with Gasteiger partial charge in [-0.15, -0.1) is 0 Å². The smallest absolute Gasteiger partial charge is 0.256 e. The van der Waals surface area contributed by atoms with Crippen LogP contribution in [0.15, 0.2) is 36.0 Å². The number of Topliss-reactive ketones (excluding diaryl/α,β-unsaturated/α-hetero) is 1. The number of halogens is 1. The molecule has 0 aliphatic heterocycles. The highest BCUT2D eigenvalue weighted by molar-refractivity contribution is 6.37. The van der Waals surface area contributed by atoms with Crippen LogP contribution in [0.5, 0.6) is 0 Å². The predicted molar refractivity (Wildman–Crippen MR) is 83.3 cm³/mol. The molecular formula is C16H19ClN2O2. The van der Waals surface area contributed by atoms with Gasteiger partial charge in [0.05, 0.1) is 5.02 Å². The van der Waals surface area contributed by atoms with E-state index in [1.54, 1.807) is 49.5 Å². The molecule has 0 unspecified atom stereocenters. The second kappa shape index (κ2) is 6.76. The van der Waals surface area contributed by atoms with Crippen LogP contribution in [0.4, 0.5) is 0 Å². The van der Waals surface area contributed by atoms with E-state index in [2.05, 4.69) is 5.32 Å². The Labute approximate surface area is 129 Å². The summed E-state index contributed by atoms with van der Waals surface area (Å²) in [6.07, 6.45) is 4.61. The molecule has 0 atom stereocenters. The van der Waals surface area contributed by atoms with Gasteiger partial charge in [0.1, 0.15) is 5.57 Å². The van der Waals surface area contributed by atoms with Gasteiger partial charge in [0.2, 0.25) is 5.78 Å². The topological polar surface area (TPSA) is 49.4 Å². The van der Waals surface area contributed by atoms with Crippen molar-refractivity contribution in [2.24, 2.45) is 0 Å². The van der Waals surface area contributed by atoms with Gasteiger partial charge in [0, 0.05) is 31.9 Å². The summed E-state index contributed by atoms with van der Waals surface area (Å²) in [5.74, 6) is -0.690. The third kappa shape index (κ3) is 3.85. The molecule has 2 rings (SSSR count). The van der Waals surface area contributed by atoms with Gasteiger partial charge in [-0.25, -0.2) is 0 Å². The fourth-order valence-electron chi connectivity index (χ4n) is 2.08. The summed E-state index contributed by atoms with van der Waals surface area (Å²) < 4.78 is 0. The molecule has 1 aromatic carbocycles. The Balaban J connectivity index is 2.25. The van der Waals surface area contributed by atoms with Crippen molar-refractivity contribution in [1.82, 2.24) is 10.2 Å². The zero-order chi connectivity index (χ0) is 15.4. The monoisotopic (exact) mass is 306 g/mol. The van der Waals surface area contributed by atoms with Crippen molar-refractivity contribution in [2.75, 3.05) is 14.1 Å². The Kier molecular flexibility index (Phi) is 5.02. The van der Waals surface area contributed by atoms with Gasteiger partial charge >= 0.3 is 0 Å². The average Bonchev–Trinajstić information content (AvgIpc) is 2.39. The molecule has 1 saturated carbocycles. The molecule has 1 aliphatic rings. The van der Waals surface area contributed by atoms with E-state index < -0.39 is 0 Å². The van der Waals surface area contributed by atoms with Crippen molar-refractivity contribution in [3.63, 3.8) is 0 Å². The molecule has 1 amide bonds. The molecule has 4 nitrogen and oxygen atoms in total. The van der Waals surface area contributed by atoms with Gasteiger partial charge in [-0.2, -0.15) is 0 Å². The lowest BCUT2D eigenvalue weighted by atomic mass is 9.92. The number of hydrogen-bond acceptors (Lipinski definition) is 3. The normalized spacial score (nSPS) is 15.3. The Morgan fingerprint density at radius 3 is 2.48 bits per heavy atom. The zero-order valence-electron chi connectivity index (χ0n) is 12.2. The van der Waals surface area contributed by atoms with E-state index in [9.17, 15) is 9.59 Å². The molecular weight excluding hydrogens is 288 g/mol. The maximum absolute atomic E-state index is 12.6. The summed E-state index contributed by atoms with van der Waals surface area (Å²) in [5, 5.41) is 3.24. The van der Waals surface area contributed by atoms with Crippen molar-refractivity contribution in [2.45, 2.75) is 25.3 Å². The molecule has 0 bridgehead atoms. The highest BCUT2D eigenvalue weighted by Gasteiger charge is 2.26. The van der Waals surface area contributed by atoms with E-state index in [4.69, 9.17) is 11.6 Å². The quantitative estimate of drug-likeness (QED) is 0.394. The second-order valence-electron chi connectivity index (χ2n) is 5.42. The number of nitrogens with one attached hydrogen (secondary N) is 1. The van der Waals surface area contributed by atoms with E-state index in [0.717, 1.165) is 19.3 Å². The van der Waals surface area contributed by atoms with Gasteiger partial charge in [-0.05, 0) is 31.4 Å². The summed E-state index contributed by atoms with van der Waals surface area (Å²) >= 11 is 6.06. The van der Waals surface area contributed by atoms with Gasteiger partial charge in [-0.3, -0.25) is 9.59 Å². The molecule has 0 saturated heterocycles. The minimum absolute atomic E-state index is 0.111. The Morgan fingerprint density at radius 2 is 1.95 bits per heavy atom. The summed E-state index contributed by atoms with van der Waals surface area (Å²) in [7, 11) is 3.55. The number of hydrogen-bond donors (Lipinski definition) is 1. The van der Waals surface area contributed by atoms with Crippen LogP contribution in [0, 0.1) is 0 Å². The van der Waals surface area contributed by atoms with Gasteiger partial charge in [-0.1, -0.05) is 23.7 Å². The van der Waals surface area contributed by atoms with Crippen LogP contribution in [0.25, 0.3) is 0 Å². The van der Waals surface area contributed by atoms with Crippen LogP contribution in [0.2, 0.25) is 5.02 Å². The molecule has 0 radical (unpaired) electrons. The van der Waals surface area contributed by atoms with Crippen LogP contribution in [0.1, 0.15) is 29.6 Å². The van der Waals surface area contributed by atoms with Crippen molar-refractivity contribution in [3.8, 4) is 0 Å². The fraction of sp³-hybridized carbons (Fsp3) is 0.375. The van der Waals surface area contributed by atoms with Crippen LogP contribution in [-0.2, 0) is 4.79 Å². The summed E-state index contributed by atoms with van der Waals surface area (Å²) in [6, 6.07) is 6.94. The van der Waals surface area contributed by atoms with E-state index >= 15 is 0 Å². The first kappa shape index (κ1) is 15.6. The summed E-state index contributed by atoms with van der Waals surface area (Å²) in [5.41, 5.74) is 0.455. The molecule has 1 N–H and O–H groups in total. The molecule has 0 heterocycles. The highest BCUT2D eigenvalue weighted by Crippen LogP contribution is 2.21. The molecule has 112 valence electrons. The molecule has 1 aromatic rings. The molecule has 0 aromatic heterocycles. The minimum atomic E-state index is -0.355. The number of ketones is 1. The van der Waals surface area contributed by atoms with Crippen molar-refractivity contribution in [1.29, 1.82) is 0 Å². The number of amides is 1. The number of carbonyl (C=O) groups is 2.